The normalized spacial score (nSPS) is 24.9. The van der Waals surface area contributed by atoms with Crippen LogP contribution in [0.3, 0.4) is 0 Å². The largest absolute Gasteiger partial charge is 0.489 e. The van der Waals surface area contributed by atoms with Gasteiger partial charge >= 0.3 is 12.1 Å². The summed E-state index contributed by atoms with van der Waals surface area (Å²) in [6, 6.07) is 4.24. The van der Waals surface area contributed by atoms with Gasteiger partial charge in [0, 0.05) is 5.41 Å². The number of halogens is 3. The first-order valence-corrected chi connectivity index (χ1v) is 5.71. The van der Waals surface area contributed by atoms with Crippen molar-refractivity contribution in [1.82, 2.24) is 0 Å². The van der Waals surface area contributed by atoms with Crippen molar-refractivity contribution < 1.29 is 27.8 Å². The Morgan fingerprint density at radius 1 is 1.26 bits per heavy atom. The Morgan fingerprint density at radius 3 is 2.16 bits per heavy atom. The number of alkyl halides is 3. The molecule has 104 valence electrons. The first-order chi connectivity index (χ1) is 8.64. The SMILES string of the molecule is CC1(C)C(Oc2ccc(C(F)(F)F)cc2)C1C(=O)O. The lowest BCUT2D eigenvalue weighted by Gasteiger charge is -2.10. The summed E-state index contributed by atoms with van der Waals surface area (Å²) in [4.78, 5) is 10.9. The van der Waals surface area contributed by atoms with Crippen molar-refractivity contribution in [2.24, 2.45) is 11.3 Å². The summed E-state index contributed by atoms with van der Waals surface area (Å²) in [7, 11) is 0. The lowest BCUT2D eigenvalue weighted by atomic mass is 10.1. The van der Waals surface area contributed by atoms with Crippen molar-refractivity contribution in [2.75, 3.05) is 0 Å². The maximum Gasteiger partial charge on any atom is 0.416 e. The molecule has 1 aliphatic rings. The third-order valence-electron chi connectivity index (χ3n) is 3.44. The number of hydrogen-bond acceptors (Lipinski definition) is 2. The molecule has 19 heavy (non-hydrogen) atoms. The molecule has 1 fully saturated rings. The Morgan fingerprint density at radius 2 is 1.79 bits per heavy atom. The number of rotatable bonds is 3. The van der Waals surface area contributed by atoms with Gasteiger partial charge in [-0.1, -0.05) is 13.8 Å². The molecule has 0 amide bonds. The zero-order chi connectivity index (χ0) is 14.4. The van der Waals surface area contributed by atoms with Gasteiger partial charge in [0.1, 0.15) is 17.8 Å². The van der Waals surface area contributed by atoms with E-state index in [-0.39, 0.29) is 5.75 Å². The van der Waals surface area contributed by atoms with Gasteiger partial charge in [-0.25, -0.2) is 0 Å². The van der Waals surface area contributed by atoms with E-state index in [1.165, 1.54) is 12.1 Å². The van der Waals surface area contributed by atoms with Gasteiger partial charge in [-0.2, -0.15) is 13.2 Å². The van der Waals surface area contributed by atoms with Gasteiger partial charge < -0.3 is 9.84 Å². The van der Waals surface area contributed by atoms with E-state index >= 15 is 0 Å². The summed E-state index contributed by atoms with van der Waals surface area (Å²) in [5.74, 6) is -1.34. The summed E-state index contributed by atoms with van der Waals surface area (Å²) < 4.78 is 42.5. The van der Waals surface area contributed by atoms with Crippen LogP contribution in [0.4, 0.5) is 13.2 Å². The minimum Gasteiger partial charge on any atom is -0.489 e. The van der Waals surface area contributed by atoms with Crippen LogP contribution in [0.1, 0.15) is 19.4 Å². The van der Waals surface area contributed by atoms with Crippen LogP contribution in [0.25, 0.3) is 0 Å². The molecule has 1 aliphatic carbocycles. The van der Waals surface area contributed by atoms with Crippen LogP contribution >= 0.6 is 0 Å². The van der Waals surface area contributed by atoms with Gasteiger partial charge in [0.15, 0.2) is 0 Å². The van der Waals surface area contributed by atoms with E-state index in [2.05, 4.69) is 0 Å². The molecule has 1 saturated carbocycles. The Kier molecular flexibility index (Phi) is 2.99. The molecule has 0 aromatic heterocycles. The van der Waals surface area contributed by atoms with Crippen LogP contribution in [0.2, 0.25) is 0 Å². The molecular weight excluding hydrogens is 261 g/mol. The Hall–Kier alpha value is -1.72. The fourth-order valence-corrected chi connectivity index (χ4v) is 2.13. The third kappa shape index (κ3) is 2.52. The van der Waals surface area contributed by atoms with E-state index in [4.69, 9.17) is 9.84 Å². The lowest BCUT2D eigenvalue weighted by molar-refractivity contribution is -0.140. The number of ether oxygens (including phenoxy) is 1. The monoisotopic (exact) mass is 274 g/mol. The molecule has 0 radical (unpaired) electrons. The van der Waals surface area contributed by atoms with Crippen molar-refractivity contribution >= 4 is 5.97 Å². The van der Waals surface area contributed by atoms with Crippen LogP contribution in [0.15, 0.2) is 24.3 Å². The molecule has 0 spiro atoms. The number of carbonyl (C=O) groups is 1. The van der Waals surface area contributed by atoms with Crippen molar-refractivity contribution in [1.29, 1.82) is 0 Å². The zero-order valence-corrected chi connectivity index (χ0v) is 10.4. The van der Waals surface area contributed by atoms with E-state index in [1.54, 1.807) is 13.8 Å². The first kappa shape index (κ1) is 13.7. The van der Waals surface area contributed by atoms with Crippen LogP contribution in [-0.4, -0.2) is 17.2 Å². The minimum atomic E-state index is -4.39. The van der Waals surface area contributed by atoms with Gasteiger partial charge in [-0.05, 0) is 24.3 Å². The van der Waals surface area contributed by atoms with Gasteiger partial charge in [-0.15, -0.1) is 0 Å². The van der Waals surface area contributed by atoms with Crippen LogP contribution in [0, 0.1) is 11.3 Å². The Bertz CT molecular complexity index is 491. The minimum absolute atomic E-state index is 0.245. The second kappa shape index (κ2) is 4.15. The molecule has 1 aromatic carbocycles. The second-order valence-corrected chi connectivity index (χ2v) is 5.20. The summed E-state index contributed by atoms with van der Waals surface area (Å²) >= 11 is 0. The van der Waals surface area contributed by atoms with E-state index in [0.29, 0.717) is 0 Å². The highest BCUT2D eigenvalue weighted by molar-refractivity contribution is 5.76. The second-order valence-electron chi connectivity index (χ2n) is 5.20. The Balaban J connectivity index is 2.08. The first-order valence-electron chi connectivity index (χ1n) is 5.71. The highest BCUT2D eigenvalue weighted by Crippen LogP contribution is 2.54. The van der Waals surface area contributed by atoms with Crippen molar-refractivity contribution in [3.63, 3.8) is 0 Å². The fraction of sp³-hybridized carbons (Fsp3) is 0.462. The standard InChI is InChI=1S/C13H13F3O3/c1-12(2)9(11(17)18)10(12)19-8-5-3-7(4-6-8)13(14,15)16/h3-6,9-10H,1-2H3,(H,17,18). The highest BCUT2D eigenvalue weighted by Gasteiger charge is 2.64. The highest BCUT2D eigenvalue weighted by atomic mass is 19.4. The molecule has 1 aromatic rings. The molecular formula is C13H13F3O3. The summed E-state index contributed by atoms with van der Waals surface area (Å²) in [5, 5.41) is 8.96. The van der Waals surface area contributed by atoms with Crippen molar-refractivity contribution in [3.05, 3.63) is 29.8 Å². The van der Waals surface area contributed by atoms with E-state index in [0.717, 1.165) is 12.1 Å². The molecule has 1 N–H and O–H groups in total. The van der Waals surface area contributed by atoms with Gasteiger partial charge in [0.25, 0.3) is 0 Å². The van der Waals surface area contributed by atoms with Crippen LogP contribution < -0.4 is 4.74 Å². The average molecular weight is 274 g/mol. The summed E-state index contributed by atoms with van der Waals surface area (Å²) in [6.45, 7) is 3.50. The number of carboxylic acid groups (broad SMARTS) is 1. The predicted molar refractivity (Wildman–Crippen MR) is 60.8 cm³/mol. The fourth-order valence-electron chi connectivity index (χ4n) is 2.13. The van der Waals surface area contributed by atoms with Crippen molar-refractivity contribution in [2.45, 2.75) is 26.1 Å². The van der Waals surface area contributed by atoms with Gasteiger partial charge in [0.05, 0.1) is 5.56 Å². The quantitative estimate of drug-likeness (QED) is 0.920. The molecule has 2 rings (SSSR count). The molecule has 0 saturated heterocycles. The number of benzene rings is 1. The summed E-state index contributed by atoms with van der Waals surface area (Å²) in [5.41, 5.74) is -1.26. The molecule has 2 unspecified atom stereocenters. The molecule has 3 nitrogen and oxygen atoms in total. The Labute approximate surface area is 108 Å². The van der Waals surface area contributed by atoms with E-state index in [1.807, 2.05) is 0 Å². The topological polar surface area (TPSA) is 46.5 Å². The number of hydrogen-bond donors (Lipinski definition) is 1. The molecule has 0 bridgehead atoms. The third-order valence-corrected chi connectivity index (χ3v) is 3.44. The predicted octanol–water partition coefficient (Wildman–Crippen LogP) is 3.19. The molecule has 0 heterocycles. The lowest BCUT2D eigenvalue weighted by Crippen LogP contribution is -2.08. The van der Waals surface area contributed by atoms with Gasteiger partial charge in [-0.3, -0.25) is 4.79 Å². The zero-order valence-electron chi connectivity index (χ0n) is 10.4. The molecule has 6 heteroatoms. The van der Waals surface area contributed by atoms with E-state index in [9.17, 15) is 18.0 Å². The smallest absolute Gasteiger partial charge is 0.416 e. The van der Waals surface area contributed by atoms with Crippen LogP contribution in [0.5, 0.6) is 5.75 Å². The van der Waals surface area contributed by atoms with Crippen molar-refractivity contribution in [3.8, 4) is 5.75 Å². The maximum atomic E-state index is 12.4. The van der Waals surface area contributed by atoms with E-state index < -0.39 is 35.1 Å². The van der Waals surface area contributed by atoms with Crippen LogP contribution in [-0.2, 0) is 11.0 Å². The number of carboxylic acids is 1. The molecule has 0 aliphatic heterocycles. The average Bonchev–Trinajstić information content (AvgIpc) is 2.80. The maximum absolute atomic E-state index is 12.4. The molecule has 2 atom stereocenters. The summed E-state index contributed by atoms with van der Waals surface area (Å²) in [6.07, 6.45) is -4.90. The number of aliphatic carboxylic acids is 1. The van der Waals surface area contributed by atoms with Gasteiger partial charge in [0.2, 0.25) is 0 Å².